The molecule has 0 saturated carbocycles. The molecule has 0 unspecified atom stereocenters. The van der Waals surface area contributed by atoms with Gasteiger partial charge in [0, 0.05) is 274 Å². The van der Waals surface area contributed by atoms with Crippen LogP contribution in [0, 0.1) is 131 Å². The normalized spacial score (nSPS) is 9.95. The number of phenolic OH excluding ortho intramolecular Hbond substituents is 1. The molecule has 0 aliphatic rings. The first-order valence-corrected chi connectivity index (χ1v) is 40.3. The van der Waals surface area contributed by atoms with Crippen LogP contribution in [0.1, 0.15) is 143 Å². The quantitative estimate of drug-likeness (QED) is 0.0120. The van der Waals surface area contributed by atoms with E-state index in [4.69, 9.17) is 15.9 Å². The third-order valence-electron chi connectivity index (χ3n) is 18.4. The summed E-state index contributed by atoms with van der Waals surface area (Å²) in [5.41, 5.74) is 12.3. The number of hydrogen-bond donors (Lipinski definition) is 2. The maximum absolute atomic E-state index is 12.8. The molecule has 0 aliphatic heterocycles. The van der Waals surface area contributed by atoms with Gasteiger partial charge in [0.25, 0.3) is 0 Å². The van der Waals surface area contributed by atoms with Crippen LogP contribution in [0.15, 0.2) is 225 Å². The standard InChI is InChI=1S/C65H54N8O2.C38H43N7O3.4Zn.22H2/c1-3-4-5-6-7-8-9-10-11-12-13-14-15-16-17-18-19-20-21-33-46-71(2)47-34-22-23-40-65(74)70-45-32-35-48-75-64-50-58(52-72(54-60-36-24-28-41-66-60)55-61-37-25-29-42-67-61)49-59(51-64)53-73(56-62-38-26-30-43-68-62)57-63-39-27-31-44-69-63;1-43(2)36(38(47)48-3)22-29-20-30(23-44(25-32-12-4-8-16-39-32)26-33-13-5-9-17-40-33)37(46)31(21-29)24-45(27-34-14-6-10-18-41-34)28-35-15-7-11-19-42-35;;;;;;;;;;;;;;;;;;;;;;;;;;/h1,24-31,36-39,41-44,49-51H,22-23,32,34-35,40,45,47-48,52-57H2,2H3,(H,70,74);4-21,36,46H,22-28H2,1-3H3;;;;;22*1H/q;;4*+2;;;;;;;;;;;;;;;;;;;;;;/t;36-;;;;;;;;;;;;;;;;;;;;;;;;;;/m.0........................../s1. The van der Waals surface area contributed by atoms with Crippen LogP contribution in [0.25, 0.3) is 0 Å². The number of likely N-dealkylation sites (N-methyl/N-ethyl adjacent to an activating group) is 1. The van der Waals surface area contributed by atoms with E-state index in [0.29, 0.717) is 105 Å². The van der Waals surface area contributed by atoms with Crippen molar-refractivity contribution in [1.82, 2.24) is 74.6 Å². The molecule has 0 bridgehead atoms. The summed E-state index contributed by atoms with van der Waals surface area (Å²) in [6, 6.07) is 60.6. The van der Waals surface area contributed by atoms with Crippen LogP contribution in [-0.2, 0) is 177 Å². The van der Waals surface area contributed by atoms with Crippen LogP contribution in [0.2, 0.25) is 0 Å². The van der Waals surface area contributed by atoms with Crippen LogP contribution in [0.4, 0.5) is 0 Å². The first kappa shape index (κ1) is 105. The molecular weight excluding hydrogens is 1790 g/mol. The minimum Gasteiger partial charge on any atom is -0.507 e. The molecule has 8 aromatic heterocycles. The molecule has 10 aromatic rings. The second kappa shape index (κ2) is 63.4. The molecule has 0 spiro atoms. The second-order valence-electron chi connectivity index (χ2n) is 28.4. The fraction of sp³-hybridized carbons (Fsp3) is 0.262. The molecule has 0 fully saturated rings. The van der Waals surface area contributed by atoms with Crippen molar-refractivity contribution >= 4 is 11.9 Å². The fourth-order valence-electron chi connectivity index (χ4n) is 12.7. The molecule has 1 atom stereocenters. The number of pyridine rings is 8. The molecule has 0 aliphatic carbocycles. The molecule has 0 saturated heterocycles. The number of amides is 1. The van der Waals surface area contributed by atoms with E-state index in [9.17, 15) is 14.7 Å². The molecule has 24 heteroatoms. The van der Waals surface area contributed by atoms with Crippen LogP contribution in [-0.4, -0.2) is 140 Å². The van der Waals surface area contributed by atoms with Gasteiger partial charge in [-0.2, -0.15) is 0 Å². The van der Waals surface area contributed by atoms with Crippen molar-refractivity contribution in [1.29, 1.82) is 0 Å². The Labute approximate surface area is 833 Å². The number of aromatic nitrogens is 8. The van der Waals surface area contributed by atoms with Gasteiger partial charge in [-0.15, -0.1) is 6.42 Å². The number of rotatable bonds is 40. The van der Waals surface area contributed by atoms with Crippen LogP contribution >= 0.6 is 0 Å². The number of nitrogens with zero attached hydrogens (tertiary/aromatic N) is 14. The number of carbonyl (C=O) groups is 2. The van der Waals surface area contributed by atoms with Gasteiger partial charge in [0.15, 0.2) is 0 Å². The Balaban J connectivity index is -0.000000130. The number of phenols is 1. The number of nitrogens with one attached hydrogen (secondary N) is 1. The number of hydrogen-bond acceptors (Lipinski definition) is 19. The summed E-state index contributed by atoms with van der Waals surface area (Å²) in [4.78, 5) is 75.2. The second-order valence-corrected chi connectivity index (χ2v) is 28.4. The fourth-order valence-corrected chi connectivity index (χ4v) is 12.7. The SMILES string of the molecule is C#CC#CC#CC#CC#CC#CC#CC#CC#CC#CC#CN(C)CCCCCC(=O)NCCCCOc1cc(CN(Cc2ccccn2)Cc2ccccn2)cc(CN(Cc2ccccn2)Cc2ccccn2)c1.COC(=O)[C@H](Cc1cc(CN(Cc2ccccn2)Cc2ccccn2)c(O)c(CN(Cc2ccccn2)Cc2ccccn2)c1)N(C)C.[HH].[HH].[HH].[HH].[HH].[HH].[HH].[HH].[HH].[HH].[HH].[HH].[HH].[HH].[HH].[HH].[HH].[HH].[HH].[HH].[HH].[HH].[Zn+2].[Zn+2].[Zn+2].[Zn+2]. The van der Waals surface area contributed by atoms with Gasteiger partial charge in [-0.05, 0) is 219 Å². The Morgan fingerprint density at radius 1 is 0.394 bits per heavy atom. The van der Waals surface area contributed by atoms with E-state index in [1.54, 1.807) is 24.8 Å². The van der Waals surface area contributed by atoms with Crippen molar-refractivity contribution in [2.24, 2.45) is 0 Å². The number of unbranched alkanes of at least 4 members (excludes halogenated alkanes) is 3. The Kier molecular flexibility index (Phi) is 52.4. The Bertz CT molecular complexity index is 5440. The average Bonchev–Trinajstić information content (AvgIpc) is 0.807. The van der Waals surface area contributed by atoms with E-state index in [-0.39, 0.29) is 127 Å². The Morgan fingerprint density at radius 3 is 1.02 bits per heavy atom. The van der Waals surface area contributed by atoms with E-state index in [2.05, 4.69) is 232 Å². The maximum atomic E-state index is 12.8. The number of benzene rings is 2. The summed E-state index contributed by atoms with van der Waals surface area (Å²) in [7, 11) is 7.05. The van der Waals surface area contributed by atoms with Gasteiger partial charge >= 0.3 is 83.9 Å². The van der Waals surface area contributed by atoms with Crippen molar-refractivity contribution in [2.75, 3.05) is 47.9 Å². The van der Waals surface area contributed by atoms with E-state index in [1.807, 2.05) is 189 Å². The van der Waals surface area contributed by atoms with Crippen molar-refractivity contribution in [2.45, 2.75) is 130 Å². The number of aromatic hydroxyl groups is 1. The predicted octanol–water partition coefficient (Wildman–Crippen LogP) is 17.5. The Hall–Kier alpha value is -12.6. The summed E-state index contributed by atoms with van der Waals surface area (Å²) in [6.07, 6.45) is 24.6. The van der Waals surface area contributed by atoms with Crippen molar-refractivity contribution in [3.8, 4) is 142 Å². The van der Waals surface area contributed by atoms with Gasteiger partial charge in [0.05, 0.1) is 59.3 Å². The van der Waals surface area contributed by atoms with E-state index >= 15 is 0 Å². The van der Waals surface area contributed by atoms with E-state index in [0.717, 1.165) is 118 Å². The largest absolute Gasteiger partial charge is 2.00 e. The van der Waals surface area contributed by atoms with Crippen LogP contribution in [0.3, 0.4) is 0 Å². The van der Waals surface area contributed by atoms with Gasteiger partial charge in [-0.3, -0.25) is 74.0 Å². The number of methoxy groups -OCH3 is 1. The average molecular weight is 1930 g/mol. The van der Waals surface area contributed by atoms with Crippen molar-refractivity contribution in [3.05, 3.63) is 299 Å². The summed E-state index contributed by atoms with van der Waals surface area (Å²) < 4.78 is 11.6. The molecule has 658 valence electrons. The van der Waals surface area contributed by atoms with Crippen LogP contribution < -0.4 is 10.1 Å². The van der Waals surface area contributed by atoms with Gasteiger partial charge in [-0.1, -0.05) is 73.2 Å². The van der Waals surface area contributed by atoms with Gasteiger partial charge < -0.3 is 24.8 Å². The van der Waals surface area contributed by atoms with E-state index in [1.165, 1.54) is 7.11 Å². The van der Waals surface area contributed by atoms with Gasteiger partial charge in [0.2, 0.25) is 5.91 Å². The number of esters is 1. The number of ether oxygens (including phenoxy) is 2. The first-order valence-electron chi connectivity index (χ1n) is 40.3. The molecule has 0 radical (unpaired) electrons. The number of terminal acetylenes is 1. The van der Waals surface area contributed by atoms with E-state index < -0.39 is 6.04 Å². The molecule has 10 rings (SSSR count). The summed E-state index contributed by atoms with van der Waals surface area (Å²) in [5, 5.41) is 15.0. The van der Waals surface area contributed by atoms with Crippen LogP contribution in [0.5, 0.6) is 11.5 Å². The molecule has 8 heterocycles. The monoisotopic (exact) mass is 1920 g/mol. The molecule has 20 nitrogen and oxygen atoms in total. The van der Waals surface area contributed by atoms with Crippen molar-refractivity contribution < 1.29 is 133 Å². The summed E-state index contributed by atoms with van der Waals surface area (Å²) >= 11 is 0. The zero-order valence-electron chi connectivity index (χ0n) is 72.7. The minimum atomic E-state index is -0.489. The topological polar surface area (TPSA) is 207 Å². The van der Waals surface area contributed by atoms with Gasteiger partial charge in [0.1, 0.15) is 17.5 Å². The first-order chi connectivity index (χ1) is 60.4. The summed E-state index contributed by atoms with van der Waals surface area (Å²) in [5.74, 6) is 51.4. The van der Waals surface area contributed by atoms with Gasteiger partial charge in [-0.25, -0.2) is 0 Å². The third kappa shape index (κ3) is 43.3. The maximum Gasteiger partial charge on any atom is 2.00 e. The zero-order valence-corrected chi connectivity index (χ0v) is 84.6. The molecule has 127 heavy (non-hydrogen) atoms. The molecular formula is C103H141N15O5Zn4+8. The molecule has 1 amide bonds. The van der Waals surface area contributed by atoms with Crippen molar-refractivity contribution in [3.63, 3.8) is 0 Å². The molecule has 2 aromatic carbocycles. The zero-order chi connectivity index (χ0) is 86.2. The third-order valence-corrected chi connectivity index (χ3v) is 18.4. The Morgan fingerprint density at radius 2 is 0.717 bits per heavy atom. The predicted molar refractivity (Wildman–Crippen MR) is 525 cm³/mol. The smallest absolute Gasteiger partial charge is 0.507 e. The summed E-state index contributed by atoms with van der Waals surface area (Å²) in [6.45, 7) is 8.95. The molecule has 2 N–H and O–H groups in total. The minimum absolute atomic E-state index is 0. The number of carbonyl (C=O) groups excluding carboxylic acids is 2.